The van der Waals surface area contributed by atoms with E-state index in [2.05, 4.69) is 5.32 Å². The second kappa shape index (κ2) is 5.73. The highest BCUT2D eigenvalue weighted by Gasteiger charge is 2.44. The van der Waals surface area contributed by atoms with Crippen LogP contribution in [-0.4, -0.2) is 23.8 Å². The highest BCUT2D eigenvalue weighted by Crippen LogP contribution is 2.31. The molecule has 0 bridgehead atoms. The van der Waals surface area contributed by atoms with Crippen LogP contribution in [0.5, 0.6) is 0 Å². The molecule has 0 radical (unpaired) electrons. The summed E-state index contributed by atoms with van der Waals surface area (Å²) < 4.78 is 37.8. The SMILES string of the molecule is CC(C)(C)c1ccccc1NCC(C(=O)O)C(F)(F)F. The second-order valence-electron chi connectivity index (χ2n) is 5.61. The monoisotopic (exact) mass is 289 g/mol. The number of nitrogens with one attached hydrogen (secondary N) is 1. The number of hydrogen-bond acceptors (Lipinski definition) is 2. The van der Waals surface area contributed by atoms with E-state index < -0.39 is 24.6 Å². The summed E-state index contributed by atoms with van der Waals surface area (Å²) in [6.45, 7) is 5.12. The van der Waals surface area contributed by atoms with E-state index in [1.807, 2.05) is 26.8 Å². The average Bonchev–Trinajstić information content (AvgIpc) is 2.26. The molecular formula is C14H18F3NO2. The topological polar surface area (TPSA) is 49.3 Å². The molecule has 0 fully saturated rings. The molecule has 0 aromatic heterocycles. The van der Waals surface area contributed by atoms with Gasteiger partial charge in [0.05, 0.1) is 0 Å². The molecule has 0 aliphatic carbocycles. The number of para-hydroxylation sites is 1. The molecular weight excluding hydrogens is 271 g/mol. The lowest BCUT2D eigenvalue weighted by atomic mass is 9.85. The second-order valence-corrected chi connectivity index (χ2v) is 5.61. The Hall–Kier alpha value is -1.72. The van der Waals surface area contributed by atoms with Crippen molar-refractivity contribution in [1.82, 2.24) is 0 Å². The molecule has 20 heavy (non-hydrogen) atoms. The van der Waals surface area contributed by atoms with Gasteiger partial charge in [0.25, 0.3) is 0 Å². The van der Waals surface area contributed by atoms with E-state index in [1.165, 1.54) is 0 Å². The fourth-order valence-corrected chi connectivity index (χ4v) is 1.85. The Labute approximate surface area is 115 Å². The maximum absolute atomic E-state index is 12.6. The number of aliphatic carboxylic acids is 1. The number of carboxylic acids is 1. The minimum atomic E-state index is -4.77. The molecule has 0 amide bonds. The first-order valence-corrected chi connectivity index (χ1v) is 6.16. The third-order valence-corrected chi connectivity index (χ3v) is 2.92. The van der Waals surface area contributed by atoms with Gasteiger partial charge in [0.1, 0.15) is 0 Å². The number of anilines is 1. The third kappa shape index (κ3) is 4.15. The highest BCUT2D eigenvalue weighted by atomic mass is 19.4. The minimum Gasteiger partial charge on any atom is -0.481 e. The van der Waals surface area contributed by atoms with E-state index >= 15 is 0 Å². The Bertz CT molecular complexity index is 478. The van der Waals surface area contributed by atoms with Crippen molar-refractivity contribution in [2.45, 2.75) is 32.4 Å². The zero-order chi connectivity index (χ0) is 15.6. The third-order valence-electron chi connectivity index (χ3n) is 2.92. The zero-order valence-corrected chi connectivity index (χ0v) is 11.6. The lowest BCUT2D eigenvalue weighted by molar-refractivity contribution is -0.190. The molecule has 1 aromatic carbocycles. The van der Waals surface area contributed by atoms with Crippen molar-refractivity contribution >= 4 is 11.7 Å². The predicted molar refractivity (Wildman–Crippen MR) is 70.8 cm³/mol. The summed E-state index contributed by atoms with van der Waals surface area (Å²) in [5, 5.41) is 11.3. The van der Waals surface area contributed by atoms with Crippen LogP contribution in [0.3, 0.4) is 0 Å². The summed E-state index contributed by atoms with van der Waals surface area (Å²) in [4.78, 5) is 10.7. The lowest BCUT2D eigenvalue weighted by Crippen LogP contribution is -2.36. The van der Waals surface area contributed by atoms with Crippen LogP contribution in [0.1, 0.15) is 26.3 Å². The van der Waals surface area contributed by atoms with Gasteiger partial charge in [0, 0.05) is 12.2 Å². The molecule has 6 heteroatoms. The van der Waals surface area contributed by atoms with Gasteiger partial charge in [-0.1, -0.05) is 39.0 Å². The first-order valence-electron chi connectivity index (χ1n) is 6.16. The number of carboxylic acid groups (broad SMARTS) is 1. The first kappa shape index (κ1) is 16.3. The lowest BCUT2D eigenvalue weighted by Gasteiger charge is -2.24. The molecule has 1 aromatic rings. The van der Waals surface area contributed by atoms with Gasteiger partial charge >= 0.3 is 12.1 Å². The van der Waals surface area contributed by atoms with Crippen molar-refractivity contribution in [3.8, 4) is 0 Å². The summed E-state index contributed by atoms with van der Waals surface area (Å²) in [6.07, 6.45) is -4.77. The van der Waals surface area contributed by atoms with Crippen LogP contribution in [0.4, 0.5) is 18.9 Å². The van der Waals surface area contributed by atoms with Crippen LogP contribution in [0, 0.1) is 5.92 Å². The Morgan fingerprint density at radius 1 is 1.25 bits per heavy atom. The van der Waals surface area contributed by atoms with E-state index in [9.17, 15) is 18.0 Å². The molecule has 0 heterocycles. The molecule has 0 spiro atoms. The molecule has 2 N–H and O–H groups in total. The molecule has 3 nitrogen and oxygen atoms in total. The number of benzene rings is 1. The van der Waals surface area contributed by atoms with Gasteiger partial charge in [0.2, 0.25) is 0 Å². The van der Waals surface area contributed by atoms with Gasteiger partial charge in [-0.05, 0) is 17.0 Å². The average molecular weight is 289 g/mol. The largest absolute Gasteiger partial charge is 0.481 e. The van der Waals surface area contributed by atoms with Crippen LogP contribution < -0.4 is 5.32 Å². The van der Waals surface area contributed by atoms with Crippen molar-refractivity contribution in [1.29, 1.82) is 0 Å². The predicted octanol–water partition coefficient (Wildman–Crippen LogP) is 3.66. The molecule has 1 unspecified atom stereocenters. The molecule has 1 atom stereocenters. The van der Waals surface area contributed by atoms with Crippen molar-refractivity contribution in [2.75, 3.05) is 11.9 Å². The molecule has 0 saturated heterocycles. The number of alkyl halides is 3. The standard InChI is InChI=1S/C14H18F3NO2/c1-13(2,3)9-6-4-5-7-11(9)18-8-10(12(19)20)14(15,16)17/h4-7,10,18H,8H2,1-3H3,(H,19,20). The number of carbonyl (C=O) groups is 1. The Morgan fingerprint density at radius 2 is 1.80 bits per heavy atom. The number of hydrogen-bond donors (Lipinski definition) is 2. The Morgan fingerprint density at radius 3 is 2.25 bits per heavy atom. The van der Waals surface area contributed by atoms with Gasteiger partial charge in [0.15, 0.2) is 5.92 Å². The molecule has 1 rings (SSSR count). The minimum absolute atomic E-state index is 0.249. The first-order chi connectivity index (χ1) is 9.03. The quantitative estimate of drug-likeness (QED) is 0.889. The van der Waals surface area contributed by atoms with Crippen molar-refractivity contribution < 1.29 is 23.1 Å². The van der Waals surface area contributed by atoms with Crippen LogP contribution >= 0.6 is 0 Å². The fourth-order valence-electron chi connectivity index (χ4n) is 1.85. The molecule has 0 saturated carbocycles. The van der Waals surface area contributed by atoms with Gasteiger partial charge in [-0.15, -0.1) is 0 Å². The van der Waals surface area contributed by atoms with Crippen LogP contribution in [0.2, 0.25) is 0 Å². The summed E-state index contributed by atoms with van der Waals surface area (Å²) in [5.41, 5.74) is 1.11. The highest BCUT2D eigenvalue weighted by molar-refractivity contribution is 5.72. The molecule has 112 valence electrons. The normalized spacial score (nSPS) is 13.9. The van der Waals surface area contributed by atoms with E-state index in [0.717, 1.165) is 5.56 Å². The van der Waals surface area contributed by atoms with Crippen LogP contribution in [-0.2, 0) is 10.2 Å². The van der Waals surface area contributed by atoms with Gasteiger partial charge in [-0.25, -0.2) is 0 Å². The van der Waals surface area contributed by atoms with Gasteiger partial charge in [-0.3, -0.25) is 4.79 Å². The maximum atomic E-state index is 12.6. The number of halogens is 3. The smallest absolute Gasteiger partial charge is 0.403 e. The van der Waals surface area contributed by atoms with E-state index in [0.29, 0.717) is 5.69 Å². The Balaban J connectivity index is 2.93. The van der Waals surface area contributed by atoms with Crippen LogP contribution in [0.25, 0.3) is 0 Å². The number of rotatable bonds is 4. The van der Waals surface area contributed by atoms with Gasteiger partial charge < -0.3 is 10.4 Å². The van der Waals surface area contributed by atoms with E-state index in [4.69, 9.17) is 5.11 Å². The summed E-state index contributed by atoms with van der Waals surface area (Å²) in [5.74, 6) is -4.30. The van der Waals surface area contributed by atoms with Crippen LogP contribution in [0.15, 0.2) is 24.3 Å². The molecule has 0 aliphatic rings. The summed E-state index contributed by atoms with van der Waals surface area (Å²) in [7, 11) is 0. The van der Waals surface area contributed by atoms with Gasteiger partial charge in [-0.2, -0.15) is 13.2 Å². The van der Waals surface area contributed by atoms with E-state index in [1.54, 1.807) is 18.2 Å². The zero-order valence-electron chi connectivity index (χ0n) is 11.6. The summed E-state index contributed by atoms with van der Waals surface area (Å²) >= 11 is 0. The Kier molecular flexibility index (Phi) is 4.68. The molecule has 0 aliphatic heterocycles. The van der Waals surface area contributed by atoms with Crippen molar-refractivity contribution in [2.24, 2.45) is 5.92 Å². The van der Waals surface area contributed by atoms with Crippen molar-refractivity contribution in [3.63, 3.8) is 0 Å². The maximum Gasteiger partial charge on any atom is 0.403 e. The van der Waals surface area contributed by atoms with E-state index in [-0.39, 0.29) is 5.41 Å². The fraction of sp³-hybridized carbons (Fsp3) is 0.500. The van der Waals surface area contributed by atoms with Crippen molar-refractivity contribution in [3.05, 3.63) is 29.8 Å². The summed E-state index contributed by atoms with van der Waals surface area (Å²) in [6, 6.07) is 6.95.